The molecule has 15 aromatic carbocycles. The molecule has 0 saturated carbocycles. The number of ether oxygens (including phenoxy) is 1. The summed E-state index contributed by atoms with van der Waals surface area (Å²) in [5.41, 5.74) is 17.6. The van der Waals surface area contributed by atoms with Gasteiger partial charge in [0.25, 0.3) is 11.4 Å². The molecule has 0 aliphatic carbocycles. The molecule has 553 valence electrons. The quantitative estimate of drug-likeness (QED) is 0.0146. The highest BCUT2D eigenvalue weighted by atomic mass is 127. The second-order valence-corrected chi connectivity index (χ2v) is 28.7. The number of nitrogen functional groups attached to an aromatic ring is 1. The second kappa shape index (κ2) is 36.0. The van der Waals surface area contributed by atoms with Gasteiger partial charge in [-0.25, -0.2) is 0 Å². The number of anilines is 1. The topological polar surface area (TPSA) is 382 Å². The van der Waals surface area contributed by atoms with Crippen molar-refractivity contribution in [2.24, 2.45) is 73.7 Å². The molecule has 19 rings (SSSR count). The van der Waals surface area contributed by atoms with Crippen LogP contribution in [0, 0.1) is 29.3 Å². The third kappa shape index (κ3) is 16.3. The Kier molecular flexibility index (Phi) is 23.1. The third-order valence-corrected chi connectivity index (χ3v) is 22.8. The number of thiophene rings is 3. The smallest absolute Gasteiger partial charge is 0.537 e. The van der Waals surface area contributed by atoms with Crippen molar-refractivity contribution in [2.45, 2.75) is 19.1 Å². The van der Waals surface area contributed by atoms with Gasteiger partial charge in [0.05, 0.1) is 43.3 Å². The van der Waals surface area contributed by atoms with Crippen LogP contribution in [0.5, 0.6) is 5.75 Å². The fraction of sp³-hybridized carbons (Fsp3) is 0.0488. The average Bonchev–Trinajstić information content (AvgIpc) is 1.50. The van der Waals surface area contributed by atoms with E-state index in [0.717, 1.165) is 141 Å². The van der Waals surface area contributed by atoms with E-state index < -0.39 is 6.29 Å². The summed E-state index contributed by atoms with van der Waals surface area (Å²) in [6, 6.07) is 84.0. The summed E-state index contributed by atoms with van der Waals surface area (Å²) >= 11 is 7.11. The fourth-order valence-corrected chi connectivity index (χ4v) is 18.3. The molecule has 0 bridgehead atoms. The molecule has 7 N–H and O–H groups in total. The lowest BCUT2D eigenvalue weighted by molar-refractivity contribution is -0.383. The molecule has 4 heterocycles. The minimum Gasteiger partial charge on any atom is -0.537 e. The Morgan fingerprint density at radius 1 is 0.460 bits per heavy atom. The van der Waals surface area contributed by atoms with E-state index in [-0.39, 0.29) is 21.2 Å². The van der Waals surface area contributed by atoms with Crippen molar-refractivity contribution in [1.29, 1.82) is 5.53 Å². The molecule has 113 heavy (non-hydrogen) atoms. The van der Waals surface area contributed by atoms with Crippen LogP contribution in [0.25, 0.3) is 147 Å². The molecule has 1 fully saturated rings. The van der Waals surface area contributed by atoms with Crippen LogP contribution in [-0.2, 0) is 4.74 Å². The van der Waals surface area contributed by atoms with E-state index in [1.165, 1.54) is 20.2 Å². The SMILES string of the molecule is N=N/N=N/N=N/N=N/N=N/N=N/N=N/N.O=[N+]([O-])c1c(I)c2ccccc2c2sc3ccccc3c12.OC1CCCO1.[2H]c1cc(-c2c(N)c3c4ccccc4sc3c3ccccc23)c2ccccc2c1.[2H]c1cc(-c2c([N+](=O)[O-])c3c4ccccc4sc3c3ccccc23)c2ccccc2c1.[2H]c1cc(O[B]O)c2ccccc2c1. The highest BCUT2D eigenvalue weighted by Gasteiger charge is 2.29. The van der Waals surface area contributed by atoms with Crippen molar-refractivity contribution in [3.05, 3.63) is 297 Å². The molecule has 1 radical (unpaired) electrons. The summed E-state index contributed by atoms with van der Waals surface area (Å²) in [5.74, 6) is 5.07. The monoisotopic (exact) mass is 1660 g/mol. The summed E-state index contributed by atoms with van der Waals surface area (Å²) < 4.78 is 41.1. The van der Waals surface area contributed by atoms with Gasteiger partial charge in [-0.3, -0.25) is 20.2 Å². The first-order valence-electron chi connectivity index (χ1n) is 35.8. The number of aliphatic hydroxyl groups is 1. The molecule has 1 unspecified atom stereocenters. The average molecular weight is 1660 g/mol. The van der Waals surface area contributed by atoms with Crippen molar-refractivity contribution in [3.63, 3.8) is 0 Å². The van der Waals surface area contributed by atoms with Crippen molar-refractivity contribution < 1.29 is 33.5 Å². The fourth-order valence-electron chi connectivity index (χ4n) is 13.6. The van der Waals surface area contributed by atoms with E-state index in [2.05, 4.69) is 157 Å². The van der Waals surface area contributed by atoms with Crippen LogP contribution in [-0.4, -0.2) is 40.6 Å². The van der Waals surface area contributed by atoms with Crippen LogP contribution in [0.2, 0.25) is 0 Å². The molecule has 18 aromatic rings. The third-order valence-electron chi connectivity index (χ3n) is 18.1. The van der Waals surface area contributed by atoms with Gasteiger partial charge in [0.1, 0.15) is 5.75 Å². The maximum Gasteiger partial charge on any atom is 0.569 e. The Balaban J connectivity index is 0.000000121. The predicted octanol–water partition coefficient (Wildman–Crippen LogP) is 25.2. The number of nitrogens with one attached hydrogen (secondary N) is 1. The molecule has 31 heteroatoms. The lowest BCUT2D eigenvalue weighted by atomic mass is 9.90. The molecule has 1 aliphatic rings. The van der Waals surface area contributed by atoms with E-state index >= 15 is 0 Å². The van der Waals surface area contributed by atoms with Crippen LogP contribution in [0.4, 0.5) is 17.1 Å². The normalized spacial score (nSPS) is 13.3. The van der Waals surface area contributed by atoms with Crippen LogP contribution < -0.4 is 16.2 Å². The largest absolute Gasteiger partial charge is 0.569 e. The highest BCUT2D eigenvalue weighted by Crippen LogP contribution is 2.52. The van der Waals surface area contributed by atoms with Crippen molar-refractivity contribution in [3.8, 4) is 28.0 Å². The van der Waals surface area contributed by atoms with Gasteiger partial charge in [-0.15, -0.1) is 34.0 Å². The zero-order valence-corrected chi connectivity index (χ0v) is 63.4. The standard InChI is InChI=1S/C26H15NO2S.C26H17NS.C16H8INO2S.C10H8BO2.C4H8O2.H3N15/c28-27(29)25-23(18-14-7-9-16-8-1-2-10-17(16)18)19-11-3-4-12-20(19)26-24(25)21-13-5-6-15-22(21)30-26;27-25-23(18-14-7-9-16-8-1-2-10-17(16)18)19-11-3-4-12-20(19)26-24(25)21-13-5-6-15-22(21)28-26;17-14-9-5-1-2-6-10(9)16-13(15(14)18(19)20)11-7-3-4-8-12(11)21-16;12-11-13-10-7-3-5-8-4-1-2-6-9(8)10;5-4-2-1-3-6-4;1-3-5-7-9-11-13-15-14-12-10-8-6-4-2/h1-15H;1-15H,27H2;1-8H;1-7,12H;4-5H,1-3H2;(H3,1,2,5,6,9,10,13,14)/i2*7D;;3D;;. The van der Waals surface area contributed by atoms with Crippen molar-refractivity contribution >= 4 is 207 Å². The molecule has 26 nitrogen and oxygen atoms in total. The Bertz CT molecular complexity index is 7040. The maximum atomic E-state index is 12.6. The van der Waals surface area contributed by atoms with Crippen LogP contribution in [0.15, 0.2) is 341 Å². The highest BCUT2D eigenvalue weighted by molar-refractivity contribution is 14.1. The number of halogens is 1. The summed E-state index contributed by atoms with van der Waals surface area (Å²) in [6.45, 7) is 0.737. The van der Waals surface area contributed by atoms with Gasteiger partial charge >= 0.3 is 7.69 Å². The molecule has 3 aromatic heterocycles. The van der Waals surface area contributed by atoms with Gasteiger partial charge in [0, 0.05) is 91.6 Å². The van der Waals surface area contributed by atoms with E-state index in [4.69, 9.17) is 34.9 Å². The first-order chi connectivity index (χ1) is 56.6. The zero-order valence-electron chi connectivity index (χ0n) is 61.8. The van der Waals surface area contributed by atoms with Crippen LogP contribution in [0.3, 0.4) is 0 Å². The van der Waals surface area contributed by atoms with E-state index in [9.17, 15) is 20.2 Å². The molecular formula is C82H59BIN18O8S3. The van der Waals surface area contributed by atoms with Gasteiger partial charge in [0.15, 0.2) is 6.29 Å². The molecule has 1 saturated heterocycles. The van der Waals surface area contributed by atoms with Crippen molar-refractivity contribution in [1.82, 2.24) is 0 Å². The van der Waals surface area contributed by atoms with Gasteiger partial charge < -0.3 is 31.1 Å². The lowest BCUT2D eigenvalue weighted by Crippen LogP contribution is -1.99. The second-order valence-electron chi connectivity index (χ2n) is 24.4. The number of hydrogen-bond donors (Lipinski definition) is 5. The lowest BCUT2D eigenvalue weighted by Gasteiger charge is -2.15. The summed E-state index contributed by atoms with van der Waals surface area (Å²) in [5, 5.41) is 96.2. The summed E-state index contributed by atoms with van der Waals surface area (Å²) in [6.07, 6.45) is 1.38. The number of nitrogens with two attached hydrogens (primary N) is 2. The van der Waals surface area contributed by atoms with Gasteiger partial charge in [-0.2, -0.15) is 5.53 Å². The predicted molar refractivity (Wildman–Crippen MR) is 459 cm³/mol. The number of aliphatic hydroxyl groups excluding tert-OH is 1. The minimum absolute atomic E-state index is 0.113. The first-order valence-corrected chi connectivity index (χ1v) is 37.8. The first kappa shape index (κ1) is 72.5. The van der Waals surface area contributed by atoms with Gasteiger partial charge in [0.2, 0.25) is 0 Å². The van der Waals surface area contributed by atoms with Crippen LogP contribution in [0.1, 0.15) is 17.0 Å². The molecule has 0 spiro atoms. The summed E-state index contributed by atoms with van der Waals surface area (Å²) in [4.78, 5) is 23.7. The number of nitrogens with zero attached hydrogens (tertiary/aromatic N) is 15. The molecule has 0 amide bonds. The van der Waals surface area contributed by atoms with Crippen LogP contribution >= 0.6 is 56.6 Å². The number of rotatable bonds is 12. The molecule has 1 atom stereocenters. The number of fused-ring (bicyclic) bond motifs is 18. The van der Waals surface area contributed by atoms with E-state index in [1.807, 2.05) is 170 Å². The van der Waals surface area contributed by atoms with E-state index in [1.54, 1.807) is 58.3 Å². The Labute approximate surface area is 670 Å². The molecular weight excluding hydrogens is 1600 g/mol. The van der Waals surface area contributed by atoms with E-state index in [0.29, 0.717) is 46.1 Å². The minimum atomic E-state index is -0.454. The maximum absolute atomic E-state index is 12.6. The van der Waals surface area contributed by atoms with Crippen molar-refractivity contribution in [2.75, 3.05) is 12.3 Å². The number of benzene rings is 15. The number of nitro benzene ring substituents is 2. The number of nitro groups is 2. The Hall–Kier alpha value is -13.4. The van der Waals surface area contributed by atoms with Gasteiger partial charge in [-0.05, 0) is 165 Å². The molecule has 1 aliphatic heterocycles. The number of hydrogen-bond acceptors (Lipinski definition) is 14. The zero-order chi connectivity index (χ0) is 80.8. The van der Waals surface area contributed by atoms with Gasteiger partial charge in [-0.1, -0.05) is 254 Å². The summed E-state index contributed by atoms with van der Waals surface area (Å²) in [7, 11) is 0.626. The Morgan fingerprint density at radius 3 is 1.27 bits per heavy atom. The Morgan fingerprint density at radius 2 is 0.823 bits per heavy atom.